The minimum absolute atomic E-state index is 0.247. The minimum Gasteiger partial charge on any atom is -0.480 e. The van der Waals surface area contributed by atoms with Crippen molar-refractivity contribution in [1.29, 1.82) is 0 Å². The van der Waals surface area contributed by atoms with Gasteiger partial charge in [-0.2, -0.15) is 0 Å². The van der Waals surface area contributed by atoms with Crippen molar-refractivity contribution in [3.63, 3.8) is 0 Å². The molecule has 2 aliphatic rings. The smallest absolute Gasteiger partial charge is 0.237 e. The molecule has 6 rings (SSSR count). The molecule has 2 aromatic heterocycles. The fourth-order valence-electron chi connectivity index (χ4n) is 6.76. The van der Waals surface area contributed by atoms with Gasteiger partial charge in [-0.1, -0.05) is 72.4 Å². The van der Waals surface area contributed by atoms with E-state index < -0.39 is 0 Å². The molecular weight excluding hydrogens is 651 g/mol. The first-order valence-electron chi connectivity index (χ1n) is 16.5. The van der Waals surface area contributed by atoms with Gasteiger partial charge < -0.3 is 30.3 Å². The van der Waals surface area contributed by atoms with E-state index in [1.165, 1.54) is 0 Å². The van der Waals surface area contributed by atoms with Crippen LogP contribution in [0.15, 0.2) is 48.8 Å². The Balaban J connectivity index is 1.21. The predicted octanol–water partition coefficient (Wildman–Crippen LogP) is 6.09. The fourth-order valence-corrected chi connectivity index (χ4v) is 7.41. The maximum Gasteiger partial charge on any atom is 0.237 e. The Hall–Kier alpha value is -3.38. The summed E-state index contributed by atoms with van der Waals surface area (Å²) in [6.45, 7) is 2.39. The Morgan fingerprint density at radius 3 is 1.46 bits per heavy atom. The Labute approximate surface area is 291 Å². The molecule has 12 heteroatoms. The van der Waals surface area contributed by atoms with E-state index in [1.54, 1.807) is 26.6 Å². The molecule has 0 spiro atoms. The number of aliphatic hydroxyl groups excluding tert-OH is 2. The van der Waals surface area contributed by atoms with Gasteiger partial charge in [-0.25, -0.2) is 9.97 Å². The Morgan fingerprint density at radius 1 is 0.667 bits per heavy atom. The molecule has 0 unspecified atom stereocenters. The number of halogens is 2. The van der Waals surface area contributed by atoms with Crippen LogP contribution in [0.3, 0.4) is 0 Å². The lowest BCUT2D eigenvalue weighted by Crippen LogP contribution is -2.28. The van der Waals surface area contributed by atoms with Gasteiger partial charge in [-0.15, -0.1) is 0 Å². The highest BCUT2D eigenvalue weighted by Gasteiger charge is 2.26. The number of hydrogen-bond acceptors (Lipinski definition) is 10. The van der Waals surface area contributed by atoms with Crippen LogP contribution in [0.25, 0.3) is 33.6 Å². The highest BCUT2D eigenvalue weighted by molar-refractivity contribution is 6.39. The lowest BCUT2D eigenvalue weighted by molar-refractivity contribution is 0.131. The highest BCUT2D eigenvalue weighted by Crippen LogP contribution is 2.42. The van der Waals surface area contributed by atoms with E-state index in [9.17, 15) is 10.2 Å². The van der Waals surface area contributed by atoms with Gasteiger partial charge in [0.15, 0.2) is 0 Å². The first-order valence-corrected chi connectivity index (χ1v) is 17.3. The Bertz CT molecular complexity index is 1600. The van der Waals surface area contributed by atoms with Crippen molar-refractivity contribution in [1.82, 2.24) is 30.6 Å². The zero-order valence-corrected chi connectivity index (χ0v) is 28.8. The predicted molar refractivity (Wildman–Crippen MR) is 187 cm³/mol. The van der Waals surface area contributed by atoms with Crippen LogP contribution >= 0.6 is 23.2 Å². The lowest BCUT2D eigenvalue weighted by Gasteiger charge is -2.16. The van der Waals surface area contributed by atoms with Gasteiger partial charge in [0.05, 0.1) is 60.3 Å². The standard InChI is InChI=1S/C36H42Cl2N6O4/c1-47-35-29(17-39-15-21-7-3-13-31(21)45)41-19-27(43-35)25-11-5-9-23(33(25)37)24-10-6-12-26(34(24)38)28-20-42-30(36(44-28)48-2)18-40-16-22-8-4-14-32(22)46/h5-6,9-12,19-22,31-32,39-40,45-46H,3-4,7-8,13-18H2,1-2H3/t21-,22-,31+,32+/m1/s1. The number of ether oxygens (including phenoxy) is 2. The zero-order chi connectivity index (χ0) is 33.6. The summed E-state index contributed by atoms with van der Waals surface area (Å²) >= 11 is 14.1. The maximum absolute atomic E-state index is 10.1. The van der Waals surface area contributed by atoms with Crippen LogP contribution in [0.4, 0.5) is 0 Å². The van der Waals surface area contributed by atoms with Gasteiger partial charge in [0.2, 0.25) is 11.8 Å². The molecule has 4 N–H and O–H groups in total. The molecule has 10 nitrogen and oxygen atoms in total. The third-order valence-electron chi connectivity index (χ3n) is 9.49. The number of aliphatic hydroxyl groups is 2. The average molecular weight is 694 g/mol. The van der Waals surface area contributed by atoms with E-state index in [2.05, 4.69) is 20.6 Å². The van der Waals surface area contributed by atoms with E-state index in [1.807, 2.05) is 36.4 Å². The molecule has 0 radical (unpaired) electrons. The van der Waals surface area contributed by atoms with E-state index in [4.69, 9.17) is 42.6 Å². The van der Waals surface area contributed by atoms with Gasteiger partial charge >= 0.3 is 0 Å². The molecule has 2 aromatic carbocycles. The molecule has 254 valence electrons. The Kier molecular flexibility index (Phi) is 11.4. The summed E-state index contributed by atoms with van der Waals surface area (Å²) in [5.74, 6) is 1.34. The number of aromatic nitrogens is 4. The van der Waals surface area contributed by atoms with Gasteiger partial charge in [0.25, 0.3) is 0 Å². The molecular formula is C36H42Cl2N6O4. The van der Waals surface area contributed by atoms with Crippen LogP contribution in [0.5, 0.6) is 11.8 Å². The number of nitrogens with zero attached hydrogens (tertiary/aromatic N) is 4. The number of nitrogens with one attached hydrogen (secondary N) is 2. The van der Waals surface area contributed by atoms with Gasteiger partial charge in [0, 0.05) is 48.4 Å². The molecule has 4 aromatic rings. The van der Waals surface area contributed by atoms with Crippen LogP contribution in [-0.4, -0.2) is 69.7 Å². The highest BCUT2D eigenvalue weighted by atomic mass is 35.5. The molecule has 2 aliphatic carbocycles. The number of hydrogen-bond donors (Lipinski definition) is 4. The summed E-state index contributed by atoms with van der Waals surface area (Å²) in [5, 5.41) is 28.0. The molecule has 48 heavy (non-hydrogen) atoms. The minimum atomic E-state index is -0.247. The summed E-state index contributed by atoms with van der Waals surface area (Å²) in [4.78, 5) is 18.8. The molecule has 2 saturated carbocycles. The fraction of sp³-hybridized carbons (Fsp3) is 0.444. The van der Waals surface area contributed by atoms with Crippen LogP contribution < -0.4 is 20.1 Å². The first-order chi connectivity index (χ1) is 23.4. The van der Waals surface area contributed by atoms with Crippen LogP contribution in [-0.2, 0) is 13.1 Å². The molecule has 0 saturated heterocycles. The van der Waals surface area contributed by atoms with Crippen molar-refractivity contribution in [2.24, 2.45) is 11.8 Å². The first kappa shape index (κ1) is 34.5. The second-order valence-corrected chi connectivity index (χ2v) is 13.3. The molecule has 0 aliphatic heterocycles. The van der Waals surface area contributed by atoms with Gasteiger partial charge in [-0.3, -0.25) is 9.97 Å². The normalized spacial score (nSPS) is 20.7. The summed E-state index contributed by atoms with van der Waals surface area (Å²) in [5.41, 5.74) is 5.36. The summed E-state index contributed by atoms with van der Waals surface area (Å²) in [7, 11) is 3.15. The van der Waals surface area contributed by atoms with Crippen molar-refractivity contribution in [3.8, 4) is 45.4 Å². The molecule has 0 amide bonds. The number of benzene rings is 2. The Morgan fingerprint density at radius 2 is 1.08 bits per heavy atom. The molecule has 2 fully saturated rings. The topological polar surface area (TPSA) is 135 Å². The van der Waals surface area contributed by atoms with Crippen LogP contribution in [0, 0.1) is 11.8 Å². The van der Waals surface area contributed by atoms with Gasteiger partial charge in [-0.05, 0) is 37.5 Å². The van der Waals surface area contributed by atoms with Crippen molar-refractivity contribution in [3.05, 3.63) is 70.2 Å². The summed E-state index contributed by atoms with van der Waals surface area (Å²) in [6.07, 6.45) is 8.79. The van der Waals surface area contributed by atoms with Crippen LogP contribution in [0.2, 0.25) is 10.0 Å². The van der Waals surface area contributed by atoms with Crippen LogP contribution in [0.1, 0.15) is 49.9 Å². The number of methoxy groups -OCH3 is 2. The molecule has 2 heterocycles. The number of rotatable bonds is 13. The monoisotopic (exact) mass is 692 g/mol. The van der Waals surface area contributed by atoms with Crippen molar-refractivity contribution < 1.29 is 19.7 Å². The average Bonchev–Trinajstić information content (AvgIpc) is 3.71. The third-order valence-corrected chi connectivity index (χ3v) is 10.3. The second kappa shape index (κ2) is 15.9. The molecule has 0 bridgehead atoms. The quantitative estimate of drug-likeness (QED) is 0.130. The van der Waals surface area contributed by atoms with Crippen molar-refractivity contribution in [2.75, 3.05) is 27.3 Å². The van der Waals surface area contributed by atoms with E-state index in [0.717, 1.165) is 49.7 Å². The third kappa shape index (κ3) is 7.59. The summed E-state index contributed by atoms with van der Waals surface area (Å²) < 4.78 is 11.2. The molecule has 4 atom stereocenters. The van der Waals surface area contributed by atoms with E-state index >= 15 is 0 Å². The largest absolute Gasteiger partial charge is 0.480 e. The van der Waals surface area contributed by atoms with E-state index in [-0.39, 0.29) is 24.0 Å². The second-order valence-electron chi connectivity index (χ2n) is 12.5. The zero-order valence-electron chi connectivity index (χ0n) is 27.3. The SMILES string of the molecule is COc1nc(-c2cccc(-c3cccc(-c4cnc(CNC[C@H]5CCC[C@@H]5O)c(OC)n4)c3Cl)c2Cl)cnc1CNC[C@H]1CCC[C@@H]1O. The lowest BCUT2D eigenvalue weighted by atomic mass is 9.98. The maximum atomic E-state index is 10.1. The van der Waals surface area contributed by atoms with Gasteiger partial charge in [0.1, 0.15) is 11.4 Å². The van der Waals surface area contributed by atoms with Crippen molar-refractivity contribution >= 4 is 23.2 Å². The van der Waals surface area contributed by atoms with E-state index in [0.29, 0.717) is 81.9 Å². The summed E-state index contributed by atoms with van der Waals surface area (Å²) in [6, 6.07) is 11.4. The van der Waals surface area contributed by atoms with Crippen molar-refractivity contribution in [2.45, 2.75) is 63.8 Å².